The van der Waals surface area contributed by atoms with Gasteiger partial charge in [0, 0.05) is 37.1 Å². The van der Waals surface area contributed by atoms with Gasteiger partial charge in [-0.05, 0) is 30.0 Å². The number of halogens is 3. The fourth-order valence-electron chi connectivity index (χ4n) is 2.85. The van der Waals surface area contributed by atoms with Crippen molar-refractivity contribution in [2.45, 2.75) is 25.7 Å². The van der Waals surface area contributed by atoms with Crippen LogP contribution >= 0.6 is 0 Å². The first-order valence-electron chi connectivity index (χ1n) is 8.43. The molecule has 2 heterocycles. The van der Waals surface area contributed by atoms with E-state index in [1.807, 2.05) is 36.5 Å². The third kappa shape index (κ3) is 4.58. The highest BCUT2D eigenvalue weighted by Crippen LogP contribution is 2.27. The van der Waals surface area contributed by atoms with Crippen molar-refractivity contribution in [2.75, 3.05) is 6.54 Å². The van der Waals surface area contributed by atoms with Crippen molar-refractivity contribution in [3.63, 3.8) is 0 Å². The Morgan fingerprint density at radius 2 is 1.81 bits per heavy atom. The largest absolute Gasteiger partial charge is 0.417 e. The maximum atomic E-state index is 12.7. The number of carbonyl (C=O) groups is 1. The van der Waals surface area contributed by atoms with Crippen LogP contribution in [0.15, 0.2) is 59.7 Å². The van der Waals surface area contributed by atoms with Crippen LogP contribution in [-0.2, 0) is 24.1 Å². The van der Waals surface area contributed by atoms with Gasteiger partial charge < -0.3 is 14.5 Å². The van der Waals surface area contributed by atoms with Crippen LogP contribution in [0.2, 0.25) is 0 Å². The van der Waals surface area contributed by atoms with E-state index >= 15 is 0 Å². The summed E-state index contributed by atoms with van der Waals surface area (Å²) in [6.45, 7) is 0.603. The van der Waals surface area contributed by atoms with Gasteiger partial charge in [0.05, 0.1) is 5.56 Å². The average Bonchev–Trinajstić information content (AvgIpc) is 3.03. The van der Waals surface area contributed by atoms with Crippen LogP contribution in [0, 0.1) is 0 Å². The van der Waals surface area contributed by atoms with E-state index in [0.717, 1.165) is 21.5 Å². The molecule has 0 bridgehead atoms. The van der Waals surface area contributed by atoms with Gasteiger partial charge in [0.15, 0.2) is 0 Å². The fourth-order valence-corrected chi connectivity index (χ4v) is 2.85. The molecular formula is C19H18F3N3O2. The van der Waals surface area contributed by atoms with Gasteiger partial charge in [-0.15, -0.1) is 0 Å². The first-order chi connectivity index (χ1) is 12.8. The molecular weight excluding hydrogens is 359 g/mol. The zero-order valence-electron chi connectivity index (χ0n) is 14.4. The molecule has 1 N–H and O–H groups in total. The van der Waals surface area contributed by atoms with Gasteiger partial charge in [0.1, 0.15) is 6.54 Å². The van der Waals surface area contributed by atoms with Crippen LogP contribution in [-0.4, -0.2) is 21.6 Å². The van der Waals surface area contributed by atoms with Crippen molar-refractivity contribution in [3.8, 4) is 0 Å². The number of nitrogens with zero attached hydrogens (tertiary/aromatic N) is 2. The summed E-state index contributed by atoms with van der Waals surface area (Å²) in [5.74, 6) is -0.506. The average molecular weight is 377 g/mol. The summed E-state index contributed by atoms with van der Waals surface area (Å²) in [5.41, 5.74) is -0.523. The van der Waals surface area contributed by atoms with E-state index in [-0.39, 0.29) is 0 Å². The van der Waals surface area contributed by atoms with Crippen LogP contribution in [0.25, 0.3) is 10.9 Å². The number of alkyl halides is 3. The highest BCUT2D eigenvalue weighted by Gasteiger charge is 2.31. The van der Waals surface area contributed by atoms with Gasteiger partial charge in [-0.2, -0.15) is 13.2 Å². The molecule has 1 aromatic carbocycles. The van der Waals surface area contributed by atoms with Crippen molar-refractivity contribution in [1.29, 1.82) is 0 Å². The number of pyridine rings is 1. The van der Waals surface area contributed by atoms with Crippen LogP contribution in [0.5, 0.6) is 0 Å². The van der Waals surface area contributed by atoms with E-state index in [0.29, 0.717) is 31.8 Å². The quantitative estimate of drug-likeness (QED) is 0.672. The van der Waals surface area contributed by atoms with Crippen LogP contribution in [0.1, 0.15) is 12.0 Å². The van der Waals surface area contributed by atoms with E-state index in [1.54, 1.807) is 0 Å². The molecule has 0 atom stereocenters. The summed E-state index contributed by atoms with van der Waals surface area (Å²) in [7, 11) is 0. The Labute approximate surface area is 153 Å². The van der Waals surface area contributed by atoms with E-state index in [9.17, 15) is 22.8 Å². The summed E-state index contributed by atoms with van der Waals surface area (Å²) < 4.78 is 41.0. The second-order valence-electron chi connectivity index (χ2n) is 6.15. The fraction of sp³-hybridized carbons (Fsp3) is 0.263. The highest BCUT2D eigenvalue weighted by atomic mass is 19.4. The van der Waals surface area contributed by atoms with Gasteiger partial charge >= 0.3 is 6.18 Å². The summed E-state index contributed by atoms with van der Waals surface area (Å²) in [6, 6.07) is 11.5. The van der Waals surface area contributed by atoms with Gasteiger partial charge in [0.25, 0.3) is 5.56 Å². The predicted octanol–water partition coefficient (Wildman–Crippen LogP) is 3.03. The van der Waals surface area contributed by atoms with E-state index in [1.165, 1.54) is 0 Å². The number of hydrogen-bond donors (Lipinski definition) is 1. The smallest absolute Gasteiger partial charge is 0.354 e. The zero-order chi connectivity index (χ0) is 19.4. The molecule has 0 radical (unpaired) electrons. The zero-order valence-corrected chi connectivity index (χ0v) is 14.4. The Morgan fingerprint density at radius 3 is 2.59 bits per heavy atom. The maximum Gasteiger partial charge on any atom is 0.417 e. The lowest BCUT2D eigenvalue weighted by Gasteiger charge is -2.11. The number of para-hydroxylation sites is 1. The van der Waals surface area contributed by atoms with Crippen molar-refractivity contribution >= 4 is 16.8 Å². The molecule has 0 unspecified atom stereocenters. The molecule has 3 rings (SSSR count). The number of fused-ring (bicyclic) bond motifs is 1. The lowest BCUT2D eigenvalue weighted by atomic mass is 10.2. The number of aromatic nitrogens is 2. The van der Waals surface area contributed by atoms with Gasteiger partial charge in [-0.25, -0.2) is 0 Å². The molecule has 1 amide bonds. The number of rotatable bonds is 6. The normalized spacial score (nSPS) is 11.7. The Balaban J connectivity index is 1.52. The topological polar surface area (TPSA) is 56.0 Å². The molecule has 0 saturated carbocycles. The molecule has 27 heavy (non-hydrogen) atoms. The second kappa shape index (κ2) is 7.69. The minimum Gasteiger partial charge on any atom is -0.354 e. The number of carbonyl (C=O) groups excluding carboxylic acids is 1. The van der Waals surface area contributed by atoms with Crippen molar-refractivity contribution < 1.29 is 18.0 Å². The highest BCUT2D eigenvalue weighted by molar-refractivity contribution is 5.79. The molecule has 0 aliphatic carbocycles. The number of benzene rings is 1. The second-order valence-corrected chi connectivity index (χ2v) is 6.15. The lowest BCUT2D eigenvalue weighted by Crippen LogP contribution is -2.33. The van der Waals surface area contributed by atoms with Crippen LogP contribution in [0.3, 0.4) is 0 Å². The molecule has 0 spiro atoms. The summed E-state index contributed by atoms with van der Waals surface area (Å²) in [6.07, 6.45) is -1.28. The summed E-state index contributed by atoms with van der Waals surface area (Å²) >= 11 is 0. The Bertz CT molecular complexity index is 1010. The SMILES string of the molecule is O=C(Cn1cc(C(F)(F)F)ccc1=O)NCCCn1ccc2ccccc21. The third-order valence-corrected chi connectivity index (χ3v) is 4.20. The Morgan fingerprint density at radius 1 is 1.04 bits per heavy atom. The van der Waals surface area contributed by atoms with Crippen molar-refractivity contribution in [3.05, 3.63) is 70.8 Å². The third-order valence-electron chi connectivity index (χ3n) is 4.20. The minimum absolute atomic E-state index is 0.360. The monoisotopic (exact) mass is 377 g/mol. The lowest BCUT2D eigenvalue weighted by molar-refractivity contribution is -0.138. The molecule has 8 heteroatoms. The number of aryl methyl sites for hydroxylation is 1. The van der Waals surface area contributed by atoms with Crippen LogP contribution in [0.4, 0.5) is 13.2 Å². The van der Waals surface area contributed by atoms with E-state index in [2.05, 4.69) is 9.88 Å². The Hall–Kier alpha value is -3.03. The summed E-state index contributed by atoms with van der Waals surface area (Å²) in [5, 5.41) is 3.76. The van der Waals surface area contributed by atoms with E-state index in [4.69, 9.17) is 0 Å². The molecule has 0 fully saturated rings. The molecule has 0 aliphatic heterocycles. The first-order valence-corrected chi connectivity index (χ1v) is 8.43. The molecule has 5 nitrogen and oxygen atoms in total. The number of hydrogen-bond acceptors (Lipinski definition) is 2. The standard InChI is InChI=1S/C19H18F3N3O2/c20-19(21,22)15-6-7-18(27)25(12-15)13-17(26)23-9-3-10-24-11-8-14-4-1-2-5-16(14)24/h1-2,4-8,11-12H,3,9-10,13H2,(H,23,26). The summed E-state index contributed by atoms with van der Waals surface area (Å²) in [4.78, 5) is 23.6. The number of nitrogens with one attached hydrogen (secondary N) is 1. The minimum atomic E-state index is -4.56. The van der Waals surface area contributed by atoms with Crippen molar-refractivity contribution in [1.82, 2.24) is 14.5 Å². The number of amides is 1. The maximum absolute atomic E-state index is 12.7. The molecule has 0 saturated heterocycles. The predicted molar refractivity (Wildman–Crippen MR) is 95.3 cm³/mol. The van der Waals surface area contributed by atoms with Crippen molar-refractivity contribution in [2.24, 2.45) is 0 Å². The van der Waals surface area contributed by atoms with Crippen LogP contribution < -0.4 is 10.9 Å². The molecule has 142 valence electrons. The first kappa shape index (κ1) is 18.8. The molecule has 2 aromatic heterocycles. The van der Waals surface area contributed by atoms with Gasteiger partial charge in [-0.3, -0.25) is 9.59 Å². The molecule has 3 aromatic rings. The van der Waals surface area contributed by atoms with Gasteiger partial charge in [0.2, 0.25) is 5.91 Å². The molecule has 0 aliphatic rings. The Kier molecular flexibility index (Phi) is 5.34. The van der Waals surface area contributed by atoms with Gasteiger partial charge in [-0.1, -0.05) is 18.2 Å². The van der Waals surface area contributed by atoms with E-state index < -0.39 is 29.8 Å².